The van der Waals surface area contributed by atoms with Crippen LogP contribution in [0.1, 0.15) is 41.6 Å². The summed E-state index contributed by atoms with van der Waals surface area (Å²) in [5.41, 5.74) is 1.38. The molecule has 2 N–H and O–H groups in total. The highest BCUT2D eigenvalue weighted by atomic mass is 16.2. The lowest BCUT2D eigenvalue weighted by Gasteiger charge is -2.35. The second kappa shape index (κ2) is 6.72. The van der Waals surface area contributed by atoms with Crippen molar-refractivity contribution >= 4 is 17.8 Å². The molecule has 1 aromatic rings. The summed E-state index contributed by atoms with van der Waals surface area (Å²) in [4.78, 5) is 39.4. The molecule has 2 unspecified atom stereocenters. The Balaban J connectivity index is 1.46. The Labute approximate surface area is 152 Å². The van der Waals surface area contributed by atoms with Crippen molar-refractivity contribution in [3.8, 4) is 0 Å². The van der Waals surface area contributed by atoms with Crippen LogP contribution in [0.3, 0.4) is 0 Å². The van der Waals surface area contributed by atoms with Crippen LogP contribution in [0.25, 0.3) is 0 Å². The fraction of sp³-hybridized carbons (Fsp3) is 0.526. The van der Waals surface area contributed by atoms with E-state index in [2.05, 4.69) is 10.6 Å². The number of piperidine rings is 1. The van der Waals surface area contributed by atoms with E-state index < -0.39 is 0 Å². The summed E-state index contributed by atoms with van der Waals surface area (Å²) in [6, 6.07) is 8.16. The molecule has 3 aliphatic heterocycles. The topological polar surface area (TPSA) is 81.8 Å². The van der Waals surface area contributed by atoms with E-state index in [1.807, 2.05) is 18.0 Å². The third-order valence-electron chi connectivity index (χ3n) is 5.77. The standard InChI is InChI=1S/C19H24N4O3/c1-22(16-8-14-5-6-15(9-16)21-14)18(25)13-4-2-3-12(7-13)11-23-17(24)10-20-19(23)26/h2-4,7,14-16,21H,5-6,8-11H2,1H3,(H,20,26). The molecule has 0 radical (unpaired) electrons. The molecule has 1 aromatic carbocycles. The molecule has 7 heteroatoms. The van der Waals surface area contributed by atoms with Gasteiger partial charge in [0.15, 0.2) is 0 Å². The fourth-order valence-corrected chi connectivity index (χ4v) is 4.31. The summed E-state index contributed by atoms with van der Waals surface area (Å²) < 4.78 is 0. The smallest absolute Gasteiger partial charge is 0.324 e. The number of urea groups is 1. The molecule has 0 aliphatic carbocycles. The third kappa shape index (κ3) is 3.19. The zero-order valence-electron chi connectivity index (χ0n) is 14.9. The van der Waals surface area contributed by atoms with Gasteiger partial charge in [-0.15, -0.1) is 0 Å². The SMILES string of the molecule is CN(C(=O)c1cccc(CN2C(=O)CNC2=O)c1)C1CC2CCC(C1)N2. The molecule has 26 heavy (non-hydrogen) atoms. The number of benzene rings is 1. The maximum absolute atomic E-state index is 12.9. The number of nitrogens with one attached hydrogen (secondary N) is 2. The zero-order valence-corrected chi connectivity index (χ0v) is 14.9. The monoisotopic (exact) mass is 356 g/mol. The van der Waals surface area contributed by atoms with Crippen LogP contribution in [0.15, 0.2) is 24.3 Å². The molecule has 0 spiro atoms. The number of hydrogen-bond acceptors (Lipinski definition) is 4. The molecule has 3 saturated heterocycles. The summed E-state index contributed by atoms with van der Waals surface area (Å²) in [5.74, 6) is -0.246. The number of rotatable bonds is 4. The number of imide groups is 1. The first-order valence-corrected chi connectivity index (χ1v) is 9.21. The lowest BCUT2D eigenvalue weighted by Crippen LogP contribution is -2.48. The summed E-state index contributed by atoms with van der Waals surface area (Å²) in [5, 5.41) is 6.11. The van der Waals surface area contributed by atoms with E-state index in [-0.39, 0.29) is 37.0 Å². The molecule has 7 nitrogen and oxygen atoms in total. The molecule has 2 atom stereocenters. The van der Waals surface area contributed by atoms with Crippen LogP contribution in [-0.4, -0.2) is 59.4 Å². The fourth-order valence-electron chi connectivity index (χ4n) is 4.31. The van der Waals surface area contributed by atoms with Crippen LogP contribution in [0.2, 0.25) is 0 Å². The van der Waals surface area contributed by atoms with Gasteiger partial charge in [0.25, 0.3) is 5.91 Å². The largest absolute Gasteiger partial charge is 0.339 e. The lowest BCUT2D eigenvalue weighted by atomic mass is 9.97. The summed E-state index contributed by atoms with van der Waals surface area (Å²) >= 11 is 0. The highest BCUT2D eigenvalue weighted by Gasteiger charge is 2.36. The average molecular weight is 356 g/mol. The molecule has 138 valence electrons. The van der Waals surface area contributed by atoms with Crippen molar-refractivity contribution in [2.24, 2.45) is 0 Å². The number of carbonyl (C=O) groups excluding carboxylic acids is 3. The van der Waals surface area contributed by atoms with Crippen molar-refractivity contribution < 1.29 is 14.4 Å². The highest BCUT2D eigenvalue weighted by Crippen LogP contribution is 2.30. The normalized spacial score (nSPS) is 27.6. The first-order valence-electron chi connectivity index (χ1n) is 9.21. The summed E-state index contributed by atoms with van der Waals surface area (Å²) in [6.45, 7) is 0.227. The van der Waals surface area contributed by atoms with Gasteiger partial charge >= 0.3 is 6.03 Å². The van der Waals surface area contributed by atoms with Gasteiger partial charge in [0.1, 0.15) is 0 Å². The van der Waals surface area contributed by atoms with Gasteiger partial charge < -0.3 is 15.5 Å². The molecular formula is C19H24N4O3. The van der Waals surface area contributed by atoms with Crippen molar-refractivity contribution in [1.29, 1.82) is 0 Å². The third-order valence-corrected chi connectivity index (χ3v) is 5.77. The molecule has 3 aliphatic rings. The molecule has 3 fully saturated rings. The van der Waals surface area contributed by atoms with Crippen molar-refractivity contribution in [1.82, 2.24) is 20.4 Å². The molecular weight excluding hydrogens is 332 g/mol. The quantitative estimate of drug-likeness (QED) is 0.792. The van der Waals surface area contributed by atoms with Gasteiger partial charge in [-0.3, -0.25) is 14.5 Å². The van der Waals surface area contributed by atoms with Gasteiger partial charge in [-0.05, 0) is 43.4 Å². The van der Waals surface area contributed by atoms with Crippen molar-refractivity contribution in [2.75, 3.05) is 13.6 Å². The minimum atomic E-state index is -0.381. The maximum atomic E-state index is 12.9. The maximum Gasteiger partial charge on any atom is 0.324 e. The van der Waals surface area contributed by atoms with E-state index in [1.165, 1.54) is 17.7 Å². The van der Waals surface area contributed by atoms with Crippen molar-refractivity contribution in [3.05, 3.63) is 35.4 Å². The highest BCUT2D eigenvalue weighted by molar-refractivity contribution is 6.02. The number of carbonyl (C=O) groups is 3. The first kappa shape index (κ1) is 17.0. The second-order valence-electron chi connectivity index (χ2n) is 7.52. The predicted molar refractivity (Wildman–Crippen MR) is 95.5 cm³/mol. The Morgan fingerprint density at radius 3 is 2.62 bits per heavy atom. The average Bonchev–Trinajstić information content (AvgIpc) is 3.15. The molecule has 0 saturated carbocycles. The molecule has 2 bridgehead atoms. The number of fused-ring (bicyclic) bond motifs is 2. The van der Waals surface area contributed by atoms with E-state index in [0.717, 1.165) is 18.4 Å². The van der Waals surface area contributed by atoms with Crippen molar-refractivity contribution in [2.45, 2.75) is 50.4 Å². The van der Waals surface area contributed by atoms with Crippen molar-refractivity contribution in [3.63, 3.8) is 0 Å². The van der Waals surface area contributed by atoms with E-state index in [1.54, 1.807) is 18.2 Å². The van der Waals surface area contributed by atoms with Crippen LogP contribution in [0, 0.1) is 0 Å². The Bertz CT molecular complexity index is 722. The van der Waals surface area contributed by atoms with Gasteiger partial charge in [0, 0.05) is 30.7 Å². The molecule has 3 heterocycles. The summed E-state index contributed by atoms with van der Waals surface area (Å²) in [6.07, 6.45) is 4.40. The van der Waals surface area contributed by atoms with E-state index >= 15 is 0 Å². The van der Waals surface area contributed by atoms with Gasteiger partial charge in [0.2, 0.25) is 5.91 Å². The minimum Gasteiger partial charge on any atom is -0.339 e. The predicted octanol–water partition coefficient (Wildman–Crippen LogP) is 1.09. The lowest BCUT2D eigenvalue weighted by molar-refractivity contribution is -0.125. The number of hydrogen-bond donors (Lipinski definition) is 2. The van der Waals surface area contributed by atoms with Gasteiger partial charge in [-0.25, -0.2) is 4.79 Å². The summed E-state index contributed by atoms with van der Waals surface area (Å²) in [7, 11) is 1.88. The minimum absolute atomic E-state index is 0.00431. The number of amides is 4. The molecule has 0 aromatic heterocycles. The number of nitrogens with zero attached hydrogens (tertiary/aromatic N) is 2. The van der Waals surface area contributed by atoms with Crippen LogP contribution in [0.5, 0.6) is 0 Å². The van der Waals surface area contributed by atoms with Gasteiger partial charge in [0.05, 0.1) is 13.1 Å². The zero-order chi connectivity index (χ0) is 18.3. The Morgan fingerprint density at radius 2 is 1.96 bits per heavy atom. The van der Waals surface area contributed by atoms with E-state index in [9.17, 15) is 14.4 Å². The molecule has 4 amide bonds. The first-order chi connectivity index (χ1) is 12.5. The van der Waals surface area contributed by atoms with Crippen LogP contribution < -0.4 is 10.6 Å². The Morgan fingerprint density at radius 1 is 1.23 bits per heavy atom. The Hall–Kier alpha value is -2.41. The van der Waals surface area contributed by atoms with Gasteiger partial charge in [-0.1, -0.05) is 12.1 Å². The van der Waals surface area contributed by atoms with Crippen LogP contribution >= 0.6 is 0 Å². The second-order valence-corrected chi connectivity index (χ2v) is 7.52. The van der Waals surface area contributed by atoms with Crippen LogP contribution in [-0.2, 0) is 11.3 Å². The van der Waals surface area contributed by atoms with E-state index in [0.29, 0.717) is 17.6 Å². The van der Waals surface area contributed by atoms with Crippen LogP contribution in [0.4, 0.5) is 4.79 Å². The Kier molecular flexibility index (Phi) is 4.40. The van der Waals surface area contributed by atoms with Gasteiger partial charge in [-0.2, -0.15) is 0 Å². The van der Waals surface area contributed by atoms with E-state index in [4.69, 9.17) is 0 Å². The molecule has 4 rings (SSSR count).